The van der Waals surface area contributed by atoms with Crippen LogP contribution < -0.4 is 10.5 Å². The number of nitrogens with zero attached hydrogens (tertiary/aromatic N) is 3. The molecule has 1 unspecified atom stereocenters. The van der Waals surface area contributed by atoms with Gasteiger partial charge in [0.2, 0.25) is 10.0 Å². The molecule has 4 rings (SSSR count). The highest BCUT2D eigenvalue weighted by Crippen LogP contribution is 2.25. The van der Waals surface area contributed by atoms with Crippen molar-refractivity contribution in [2.75, 3.05) is 24.5 Å². The second kappa shape index (κ2) is 6.99. The first kappa shape index (κ1) is 18.6. The molecule has 1 atom stereocenters. The zero-order valence-corrected chi connectivity index (χ0v) is 15.9. The molecule has 0 aliphatic carbocycles. The lowest BCUT2D eigenvalue weighted by atomic mass is 10.2. The molecule has 28 heavy (non-hydrogen) atoms. The SMILES string of the molecule is CC1CN(S(=O)(=O)c2ccc3oc(=O)ccc3c2)CCN1c1ccc(F)cn1. The summed E-state index contributed by atoms with van der Waals surface area (Å²) in [5.41, 5.74) is -0.144. The standard InChI is InChI=1S/C19H18FN3O4S/c1-13-12-22(8-9-23(13)18-6-3-15(20)11-21-18)28(25,26)16-4-5-17-14(10-16)2-7-19(24)27-17/h2-7,10-11,13H,8-9,12H2,1H3. The molecule has 0 N–H and O–H groups in total. The monoisotopic (exact) mass is 403 g/mol. The summed E-state index contributed by atoms with van der Waals surface area (Å²) in [7, 11) is -3.70. The summed E-state index contributed by atoms with van der Waals surface area (Å²) in [6.45, 7) is 2.92. The molecule has 0 amide bonds. The van der Waals surface area contributed by atoms with Gasteiger partial charge in [0.25, 0.3) is 0 Å². The zero-order valence-electron chi connectivity index (χ0n) is 15.1. The van der Waals surface area contributed by atoms with Crippen molar-refractivity contribution in [2.45, 2.75) is 17.9 Å². The average Bonchev–Trinajstić information content (AvgIpc) is 2.68. The Bertz CT molecular complexity index is 1180. The van der Waals surface area contributed by atoms with Crippen LogP contribution in [0.4, 0.5) is 10.2 Å². The van der Waals surface area contributed by atoms with E-state index < -0.39 is 21.5 Å². The number of hydrogen-bond acceptors (Lipinski definition) is 6. The largest absolute Gasteiger partial charge is 0.423 e. The third-order valence-corrected chi connectivity index (χ3v) is 6.69. The highest BCUT2D eigenvalue weighted by atomic mass is 32.2. The van der Waals surface area contributed by atoms with Gasteiger partial charge in [-0.2, -0.15) is 4.31 Å². The first-order valence-corrected chi connectivity index (χ1v) is 10.2. The van der Waals surface area contributed by atoms with E-state index in [9.17, 15) is 17.6 Å². The Labute approximate surface area is 161 Å². The maximum absolute atomic E-state index is 13.1. The summed E-state index contributed by atoms with van der Waals surface area (Å²) in [5.74, 6) is 0.205. The molecule has 2 aromatic heterocycles. The average molecular weight is 403 g/mol. The van der Waals surface area contributed by atoms with Gasteiger partial charge in [-0.1, -0.05) is 0 Å². The number of aromatic nitrogens is 1. The molecule has 1 fully saturated rings. The summed E-state index contributed by atoms with van der Waals surface area (Å²) in [6.07, 6.45) is 1.15. The van der Waals surface area contributed by atoms with Gasteiger partial charge in [-0.15, -0.1) is 0 Å². The van der Waals surface area contributed by atoms with E-state index in [2.05, 4.69) is 4.98 Å². The van der Waals surface area contributed by atoms with Gasteiger partial charge < -0.3 is 9.32 Å². The lowest BCUT2D eigenvalue weighted by Crippen LogP contribution is -2.53. The van der Waals surface area contributed by atoms with E-state index in [-0.39, 0.29) is 24.0 Å². The molecule has 0 saturated carbocycles. The summed E-state index contributed by atoms with van der Waals surface area (Å²) in [4.78, 5) is 17.5. The van der Waals surface area contributed by atoms with E-state index in [1.165, 1.54) is 34.6 Å². The number of hydrogen-bond donors (Lipinski definition) is 0. The number of piperazine rings is 1. The van der Waals surface area contributed by atoms with Crippen molar-refractivity contribution in [1.29, 1.82) is 0 Å². The fraction of sp³-hybridized carbons (Fsp3) is 0.263. The Morgan fingerprint density at radius 2 is 1.96 bits per heavy atom. The number of benzene rings is 1. The first-order chi connectivity index (χ1) is 13.3. The summed E-state index contributed by atoms with van der Waals surface area (Å²) >= 11 is 0. The molecule has 1 saturated heterocycles. The fourth-order valence-corrected chi connectivity index (χ4v) is 4.93. The van der Waals surface area contributed by atoms with Crippen molar-refractivity contribution in [3.05, 3.63) is 64.9 Å². The van der Waals surface area contributed by atoms with Crippen LogP contribution in [0.3, 0.4) is 0 Å². The summed E-state index contributed by atoms with van der Waals surface area (Å²) in [6, 6.07) is 10.0. The molecule has 0 spiro atoms. The number of rotatable bonds is 3. The minimum atomic E-state index is -3.70. The van der Waals surface area contributed by atoms with Crippen molar-refractivity contribution < 1.29 is 17.2 Å². The van der Waals surface area contributed by atoms with Crippen molar-refractivity contribution in [2.24, 2.45) is 0 Å². The molecule has 3 aromatic rings. The molecule has 0 radical (unpaired) electrons. The van der Waals surface area contributed by atoms with Crippen LogP contribution in [0.1, 0.15) is 6.92 Å². The molecular weight excluding hydrogens is 385 g/mol. The van der Waals surface area contributed by atoms with Crippen LogP contribution in [0.2, 0.25) is 0 Å². The van der Waals surface area contributed by atoms with E-state index >= 15 is 0 Å². The molecule has 146 valence electrons. The van der Waals surface area contributed by atoms with Crippen LogP contribution in [0, 0.1) is 5.82 Å². The van der Waals surface area contributed by atoms with Crippen LogP contribution in [-0.4, -0.2) is 43.4 Å². The van der Waals surface area contributed by atoms with Crippen LogP contribution >= 0.6 is 0 Å². The predicted molar refractivity (Wildman–Crippen MR) is 102 cm³/mol. The number of sulfonamides is 1. The topological polar surface area (TPSA) is 83.7 Å². The van der Waals surface area contributed by atoms with E-state index in [4.69, 9.17) is 4.42 Å². The Morgan fingerprint density at radius 3 is 2.68 bits per heavy atom. The molecule has 1 aromatic carbocycles. The molecule has 7 nitrogen and oxygen atoms in total. The summed E-state index contributed by atoms with van der Waals surface area (Å²) < 4.78 is 45.7. The minimum absolute atomic E-state index is 0.125. The Kier molecular flexibility index (Phi) is 4.64. The molecule has 1 aliphatic heterocycles. The molecular formula is C19H18FN3O4S. The third-order valence-electron chi connectivity index (χ3n) is 4.82. The van der Waals surface area contributed by atoms with Gasteiger partial charge in [0.15, 0.2) is 0 Å². The van der Waals surface area contributed by atoms with Gasteiger partial charge in [-0.25, -0.2) is 22.6 Å². The smallest absolute Gasteiger partial charge is 0.336 e. The molecule has 0 bridgehead atoms. The third kappa shape index (κ3) is 3.38. The predicted octanol–water partition coefficient (Wildman–Crippen LogP) is 2.23. The van der Waals surface area contributed by atoms with Crippen LogP contribution in [0.5, 0.6) is 0 Å². The maximum Gasteiger partial charge on any atom is 0.336 e. The molecule has 9 heteroatoms. The van der Waals surface area contributed by atoms with Crippen LogP contribution in [-0.2, 0) is 10.0 Å². The summed E-state index contributed by atoms with van der Waals surface area (Å²) in [5, 5.41) is 0.544. The quantitative estimate of drug-likeness (QED) is 0.624. The Hall–Kier alpha value is -2.78. The molecule has 1 aliphatic rings. The Morgan fingerprint density at radius 1 is 1.14 bits per heavy atom. The van der Waals surface area contributed by atoms with Crippen LogP contribution in [0.25, 0.3) is 11.0 Å². The van der Waals surface area contributed by atoms with Gasteiger partial charge in [-0.3, -0.25) is 0 Å². The molecule has 3 heterocycles. The highest BCUT2D eigenvalue weighted by molar-refractivity contribution is 7.89. The van der Waals surface area contributed by atoms with Crippen LogP contribution in [0.15, 0.2) is 62.8 Å². The number of pyridine rings is 1. The van der Waals surface area contributed by atoms with Gasteiger partial charge in [0.1, 0.15) is 17.2 Å². The van der Waals surface area contributed by atoms with E-state index in [1.807, 2.05) is 11.8 Å². The van der Waals surface area contributed by atoms with E-state index in [1.54, 1.807) is 12.1 Å². The second-order valence-corrected chi connectivity index (χ2v) is 8.63. The number of anilines is 1. The van der Waals surface area contributed by atoms with Crippen molar-refractivity contribution in [3.63, 3.8) is 0 Å². The highest BCUT2D eigenvalue weighted by Gasteiger charge is 2.33. The Balaban J connectivity index is 1.58. The minimum Gasteiger partial charge on any atom is -0.423 e. The van der Waals surface area contributed by atoms with Gasteiger partial charge in [0, 0.05) is 37.1 Å². The lowest BCUT2D eigenvalue weighted by molar-refractivity contribution is 0.341. The van der Waals surface area contributed by atoms with E-state index in [0.29, 0.717) is 23.3 Å². The van der Waals surface area contributed by atoms with Gasteiger partial charge >= 0.3 is 5.63 Å². The number of fused-ring (bicyclic) bond motifs is 1. The van der Waals surface area contributed by atoms with Crippen molar-refractivity contribution in [3.8, 4) is 0 Å². The maximum atomic E-state index is 13.1. The van der Waals surface area contributed by atoms with Gasteiger partial charge in [0.05, 0.1) is 11.1 Å². The van der Waals surface area contributed by atoms with Gasteiger partial charge in [-0.05, 0) is 43.3 Å². The first-order valence-electron chi connectivity index (χ1n) is 8.77. The van der Waals surface area contributed by atoms with E-state index in [0.717, 1.165) is 6.20 Å². The fourth-order valence-electron chi connectivity index (χ4n) is 3.38. The zero-order chi connectivity index (χ0) is 19.9. The second-order valence-electron chi connectivity index (χ2n) is 6.69. The lowest BCUT2D eigenvalue weighted by Gasteiger charge is -2.39. The van der Waals surface area contributed by atoms with Crippen molar-refractivity contribution >= 4 is 26.8 Å². The normalized spacial score (nSPS) is 18.5. The number of halogens is 1. The van der Waals surface area contributed by atoms with Crippen molar-refractivity contribution in [1.82, 2.24) is 9.29 Å².